The van der Waals surface area contributed by atoms with Gasteiger partial charge in [-0.3, -0.25) is 4.90 Å². The minimum Gasteiger partial charge on any atom is -0.326 e. The van der Waals surface area contributed by atoms with Crippen molar-refractivity contribution < 1.29 is 0 Å². The standard InChI is InChI=1S/C17H27BrN2/c1-3-16-10-5-4-6-11-20(16)17(13(2)19)14-8-7-9-15(18)12-14/h7-9,12-13,16-17H,3-6,10-11,19H2,1-2H3. The quantitative estimate of drug-likeness (QED) is 0.876. The Morgan fingerprint density at radius 3 is 2.80 bits per heavy atom. The van der Waals surface area contributed by atoms with Gasteiger partial charge in [0.25, 0.3) is 0 Å². The number of rotatable bonds is 4. The zero-order chi connectivity index (χ0) is 14.5. The van der Waals surface area contributed by atoms with Crippen molar-refractivity contribution in [2.24, 2.45) is 5.73 Å². The van der Waals surface area contributed by atoms with Crippen molar-refractivity contribution in [2.75, 3.05) is 6.54 Å². The van der Waals surface area contributed by atoms with Crippen LogP contribution >= 0.6 is 15.9 Å². The molecule has 1 heterocycles. The van der Waals surface area contributed by atoms with Crippen LogP contribution in [-0.2, 0) is 0 Å². The number of hydrogen-bond acceptors (Lipinski definition) is 2. The lowest BCUT2D eigenvalue weighted by Gasteiger charge is -2.39. The lowest BCUT2D eigenvalue weighted by atomic mass is 9.96. The Hall–Kier alpha value is -0.380. The normalized spacial score (nSPS) is 24.1. The van der Waals surface area contributed by atoms with E-state index >= 15 is 0 Å². The molecule has 20 heavy (non-hydrogen) atoms. The topological polar surface area (TPSA) is 29.3 Å². The van der Waals surface area contributed by atoms with Gasteiger partial charge >= 0.3 is 0 Å². The summed E-state index contributed by atoms with van der Waals surface area (Å²) in [5, 5.41) is 0. The fourth-order valence-electron chi connectivity index (χ4n) is 3.49. The molecule has 0 radical (unpaired) electrons. The summed E-state index contributed by atoms with van der Waals surface area (Å²) in [6.07, 6.45) is 6.55. The van der Waals surface area contributed by atoms with Crippen LogP contribution < -0.4 is 5.73 Å². The molecule has 0 aromatic heterocycles. The molecule has 3 heteroatoms. The van der Waals surface area contributed by atoms with Gasteiger partial charge in [0.15, 0.2) is 0 Å². The molecule has 2 rings (SSSR count). The van der Waals surface area contributed by atoms with Crippen LogP contribution in [0.3, 0.4) is 0 Å². The molecule has 1 aromatic carbocycles. The summed E-state index contributed by atoms with van der Waals surface area (Å²) in [5.41, 5.74) is 7.70. The van der Waals surface area contributed by atoms with Gasteiger partial charge < -0.3 is 5.73 Å². The van der Waals surface area contributed by atoms with Gasteiger partial charge in [-0.25, -0.2) is 0 Å². The first-order chi connectivity index (χ1) is 9.63. The van der Waals surface area contributed by atoms with Crippen LogP contribution in [0.2, 0.25) is 0 Å². The Labute approximate surface area is 131 Å². The van der Waals surface area contributed by atoms with Gasteiger partial charge in [0.2, 0.25) is 0 Å². The van der Waals surface area contributed by atoms with Crippen LogP contribution in [0.15, 0.2) is 28.7 Å². The van der Waals surface area contributed by atoms with Crippen LogP contribution in [0.4, 0.5) is 0 Å². The number of likely N-dealkylation sites (tertiary alicyclic amines) is 1. The minimum atomic E-state index is 0.149. The summed E-state index contributed by atoms with van der Waals surface area (Å²) in [7, 11) is 0. The molecule has 2 nitrogen and oxygen atoms in total. The lowest BCUT2D eigenvalue weighted by molar-refractivity contribution is 0.117. The van der Waals surface area contributed by atoms with Crippen molar-refractivity contribution in [3.63, 3.8) is 0 Å². The Morgan fingerprint density at radius 1 is 1.35 bits per heavy atom. The van der Waals surface area contributed by atoms with Crippen molar-refractivity contribution >= 4 is 15.9 Å². The number of halogens is 1. The summed E-state index contributed by atoms with van der Waals surface area (Å²) in [4.78, 5) is 2.67. The molecule has 1 aliphatic heterocycles. The smallest absolute Gasteiger partial charge is 0.0499 e. The van der Waals surface area contributed by atoms with Crippen molar-refractivity contribution in [1.29, 1.82) is 0 Å². The van der Waals surface area contributed by atoms with E-state index in [1.165, 1.54) is 44.2 Å². The van der Waals surface area contributed by atoms with Crippen molar-refractivity contribution in [1.82, 2.24) is 4.90 Å². The Bertz CT molecular complexity index is 419. The zero-order valence-corrected chi connectivity index (χ0v) is 14.3. The van der Waals surface area contributed by atoms with E-state index in [-0.39, 0.29) is 6.04 Å². The molecule has 1 saturated heterocycles. The highest BCUT2D eigenvalue weighted by molar-refractivity contribution is 9.10. The van der Waals surface area contributed by atoms with E-state index in [2.05, 4.69) is 58.9 Å². The molecule has 3 unspecified atom stereocenters. The molecular formula is C17H27BrN2. The van der Waals surface area contributed by atoms with Gasteiger partial charge in [-0.2, -0.15) is 0 Å². The second-order valence-electron chi connectivity index (χ2n) is 6.01. The van der Waals surface area contributed by atoms with Gasteiger partial charge in [0.1, 0.15) is 0 Å². The van der Waals surface area contributed by atoms with Crippen LogP contribution in [0.25, 0.3) is 0 Å². The molecule has 3 atom stereocenters. The maximum Gasteiger partial charge on any atom is 0.0499 e. The maximum absolute atomic E-state index is 6.36. The first-order valence-electron chi connectivity index (χ1n) is 7.90. The molecule has 1 aromatic rings. The molecule has 0 bridgehead atoms. The van der Waals surface area contributed by atoms with Crippen molar-refractivity contribution in [3.05, 3.63) is 34.3 Å². The number of benzene rings is 1. The molecule has 2 N–H and O–H groups in total. The zero-order valence-electron chi connectivity index (χ0n) is 12.7. The first kappa shape index (κ1) is 16.0. The largest absolute Gasteiger partial charge is 0.326 e. The fraction of sp³-hybridized carbons (Fsp3) is 0.647. The van der Waals surface area contributed by atoms with Crippen molar-refractivity contribution in [3.8, 4) is 0 Å². The molecule has 1 aliphatic rings. The van der Waals surface area contributed by atoms with Gasteiger partial charge in [-0.15, -0.1) is 0 Å². The Morgan fingerprint density at radius 2 is 2.15 bits per heavy atom. The third kappa shape index (κ3) is 3.84. The molecule has 0 aliphatic carbocycles. The molecular weight excluding hydrogens is 312 g/mol. The third-order valence-corrected chi connectivity index (χ3v) is 4.93. The molecule has 112 valence electrons. The highest BCUT2D eigenvalue weighted by Gasteiger charge is 2.30. The monoisotopic (exact) mass is 338 g/mol. The number of nitrogens with two attached hydrogens (primary N) is 1. The fourth-order valence-corrected chi connectivity index (χ4v) is 3.91. The molecule has 0 spiro atoms. The summed E-state index contributed by atoms with van der Waals surface area (Å²) in [6.45, 7) is 5.63. The highest BCUT2D eigenvalue weighted by atomic mass is 79.9. The van der Waals surface area contributed by atoms with Gasteiger partial charge in [0, 0.05) is 22.6 Å². The van der Waals surface area contributed by atoms with E-state index in [0.29, 0.717) is 12.1 Å². The Kier molecular flexibility index (Phi) is 6.06. The summed E-state index contributed by atoms with van der Waals surface area (Å²) in [5.74, 6) is 0. The maximum atomic E-state index is 6.36. The highest BCUT2D eigenvalue weighted by Crippen LogP contribution is 2.32. The van der Waals surface area contributed by atoms with Crippen LogP contribution in [-0.4, -0.2) is 23.5 Å². The number of nitrogens with zero attached hydrogens (tertiary/aromatic N) is 1. The first-order valence-corrected chi connectivity index (χ1v) is 8.69. The van der Waals surface area contributed by atoms with E-state index in [9.17, 15) is 0 Å². The van der Waals surface area contributed by atoms with Crippen molar-refractivity contribution in [2.45, 2.75) is 64.1 Å². The summed E-state index contributed by atoms with van der Waals surface area (Å²) in [6, 6.07) is 9.80. The van der Waals surface area contributed by atoms with Crippen LogP contribution in [0, 0.1) is 0 Å². The van der Waals surface area contributed by atoms with Gasteiger partial charge in [-0.05, 0) is 50.4 Å². The lowest BCUT2D eigenvalue weighted by Crippen LogP contribution is -2.44. The van der Waals surface area contributed by atoms with Crippen LogP contribution in [0.5, 0.6) is 0 Å². The van der Waals surface area contributed by atoms with Gasteiger partial charge in [-0.1, -0.05) is 47.8 Å². The average Bonchev–Trinajstić information content (AvgIpc) is 2.64. The summed E-state index contributed by atoms with van der Waals surface area (Å²) >= 11 is 3.59. The van der Waals surface area contributed by atoms with E-state index < -0.39 is 0 Å². The minimum absolute atomic E-state index is 0.149. The molecule has 0 saturated carbocycles. The third-order valence-electron chi connectivity index (χ3n) is 4.44. The predicted molar refractivity (Wildman–Crippen MR) is 89.8 cm³/mol. The molecule has 0 amide bonds. The average molecular weight is 339 g/mol. The van der Waals surface area contributed by atoms with E-state index in [4.69, 9.17) is 5.73 Å². The van der Waals surface area contributed by atoms with E-state index in [1.54, 1.807) is 0 Å². The van der Waals surface area contributed by atoms with Crippen LogP contribution in [0.1, 0.15) is 57.6 Å². The SMILES string of the molecule is CCC1CCCCCN1C(c1cccc(Br)c1)C(C)N. The molecule has 1 fully saturated rings. The van der Waals surface area contributed by atoms with Gasteiger partial charge in [0.05, 0.1) is 0 Å². The van der Waals surface area contributed by atoms with E-state index in [1.807, 2.05) is 0 Å². The Balaban J connectivity index is 2.30. The second kappa shape index (κ2) is 7.58. The number of hydrogen-bond donors (Lipinski definition) is 1. The predicted octanol–water partition coefficient (Wildman–Crippen LogP) is 4.49. The summed E-state index contributed by atoms with van der Waals surface area (Å²) < 4.78 is 1.14. The van der Waals surface area contributed by atoms with E-state index in [0.717, 1.165) is 4.47 Å². The second-order valence-corrected chi connectivity index (χ2v) is 6.92.